The van der Waals surface area contributed by atoms with Crippen LogP contribution in [-0.4, -0.2) is 54.4 Å². The average Bonchev–Trinajstić information content (AvgIpc) is 3.46. The van der Waals surface area contributed by atoms with Crippen molar-refractivity contribution in [2.75, 3.05) is 32.0 Å². The Bertz CT molecular complexity index is 1760. The van der Waals surface area contributed by atoms with Gasteiger partial charge in [0.05, 0.1) is 33.1 Å². The highest BCUT2D eigenvalue weighted by Crippen LogP contribution is 2.50. The molecule has 2 amide bonds. The zero-order valence-electron chi connectivity index (χ0n) is 25.1. The molecule has 1 aliphatic rings. The molecule has 4 N–H and O–H groups in total. The van der Waals surface area contributed by atoms with Crippen molar-refractivity contribution >= 4 is 23.2 Å². The van der Waals surface area contributed by atoms with E-state index in [2.05, 4.69) is 31.1 Å². The number of nitrogens with one attached hydrogen (secondary N) is 4. The van der Waals surface area contributed by atoms with Crippen molar-refractivity contribution in [3.8, 4) is 39.8 Å². The quantitative estimate of drug-likeness (QED) is 0.223. The summed E-state index contributed by atoms with van der Waals surface area (Å²) in [5, 5.41) is 15.6. The van der Waals surface area contributed by atoms with E-state index in [0.29, 0.717) is 52.7 Å². The van der Waals surface area contributed by atoms with Crippen LogP contribution in [0, 0.1) is 0 Å². The van der Waals surface area contributed by atoms with E-state index in [1.807, 2.05) is 12.1 Å². The Kier molecular flexibility index (Phi) is 8.79. The first-order valence-corrected chi connectivity index (χ1v) is 14.0. The molecule has 0 saturated heterocycles. The van der Waals surface area contributed by atoms with Crippen LogP contribution in [-0.2, 0) is 16.0 Å². The number of hydrogen-bond donors (Lipinski definition) is 4. The van der Waals surface area contributed by atoms with Crippen molar-refractivity contribution in [2.45, 2.75) is 38.8 Å². The van der Waals surface area contributed by atoms with Crippen molar-refractivity contribution in [1.82, 2.24) is 20.5 Å². The molecule has 0 bridgehead atoms. The summed E-state index contributed by atoms with van der Waals surface area (Å²) in [6.07, 6.45) is 2.53. The molecule has 12 heteroatoms. The van der Waals surface area contributed by atoms with Gasteiger partial charge in [-0.25, -0.2) is 4.98 Å². The number of H-pyrrole nitrogens is 1. The van der Waals surface area contributed by atoms with E-state index in [1.165, 1.54) is 26.4 Å². The number of fused-ring (bicyclic) bond motifs is 3. The highest BCUT2D eigenvalue weighted by Gasteiger charge is 2.29. The molecule has 0 radical (unpaired) electrons. The van der Waals surface area contributed by atoms with Gasteiger partial charge in [0.1, 0.15) is 12.4 Å². The Morgan fingerprint density at radius 1 is 1.02 bits per heavy atom. The lowest BCUT2D eigenvalue weighted by atomic mass is 9.95. The Morgan fingerprint density at radius 2 is 1.82 bits per heavy atom. The number of carbonyl (C=O) groups is 2. The van der Waals surface area contributed by atoms with Crippen LogP contribution in [0.3, 0.4) is 0 Å². The highest BCUT2D eigenvalue weighted by atomic mass is 16.5. The maximum absolute atomic E-state index is 13.6. The molecule has 44 heavy (non-hydrogen) atoms. The number of amides is 2. The standard InChI is InChI=1S/C32H34N6O6/c1-17(32(41)37-21-8-6-7-20(13-21)31-33-16-34-38-31)35-25-12-10-22-23(15-26(25)40)24(36-18(2)39)11-9-19-14-27(42-3)29(43-4)30(44-5)28(19)22/h6-8,10,12-17,24H,9,11H2,1-5H3,(H,35,40)(H,36,39)(H,37,41)(H,33,34,38). The topological polar surface area (TPSA) is 157 Å². The second-order valence-electron chi connectivity index (χ2n) is 10.4. The largest absolute Gasteiger partial charge is 0.493 e. The van der Waals surface area contributed by atoms with Gasteiger partial charge in [0.25, 0.3) is 0 Å². The fraction of sp³-hybridized carbons (Fsp3) is 0.281. The number of ether oxygens (including phenoxy) is 3. The van der Waals surface area contributed by atoms with Gasteiger partial charge in [-0.15, -0.1) is 0 Å². The lowest BCUT2D eigenvalue weighted by molar-refractivity contribution is -0.119. The fourth-order valence-corrected chi connectivity index (χ4v) is 5.47. The molecule has 2 atom stereocenters. The van der Waals surface area contributed by atoms with Crippen LogP contribution in [0.15, 0.2) is 59.7 Å². The molecule has 3 aromatic carbocycles. The molecule has 12 nitrogen and oxygen atoms in total. The van der Waals surface area contributed by atoms with Gasteiger partial charge in [0.15, 0.2) is 17.3 Å². The molecule has 5 rings (SSSR count). The zero-order chi connectivity index (χ0) is 31.4. The van der Waals surface area contributed by atoms with Crippen LogP contribution < -0.4 is 35.6 Å². The van der Waals surface area contributed by atoms with Gasteiger partial charge < -0.3 is 30.2 Å². The Hall–Kier alpha value is -5.39. The second kappa shape index (κ2) is 12.9. The van der Waals surface area contributed by atoms with Crippen LogP contribution in [0.4, 0.5) is 11.4 Å². The van der Waals surface area contributed by atoms with Crippen LogP contribution >= 0.6 is 0 Å². The summed E-state index contributed by atoms with van der Waals surface area (Å²) in [7, 11) is 4.63. The number of anilines is 2. The number of aromatic nitrogens is 3. The van der Waals surface area contributed by atoms with E-state index < -0.39 is 12.1 Å². The molecule has 0 fully saturated rings. The third-order valence-electron chi connectivity index (χ3n) is 7.50. The van der Waals surface area contributed by atoms with E-state index in [1.54, 1.807) is 51.5 Å². The Morgan fingerprint density at radius 3 is 2.50 bits per heavy atom. The molecule has 4 aromatic rings. The summed E-state index contributed by atoms with van der Waals surface area (Å²) in [4.78, 5) is 43.1. The molecular weight excluding hydrogens is 564 g/mol. The fourth-order valence-electron chi connectivity index (χ4n) is 5.47. The lowest BCUT2D eigenvalue weighted by Crippen LogP contribution is -2.33. The minimum atomic E-state index is -0.767. The van der Waals surface area contributed by atoms with Gasteiger partial charge in [0, 0.05) is 23.7 Å². The van der Waals surface area contributed by atoms with Crippen LogP contribution in [0.1, 0.15) is 37.4 Å². The third kappa shape index (κ3) is 6.05. The monoisotopic (exact) mass is 598 g/mol. The molecule has 1 heterocycles. The van der Waals surface area contributed by atoms with Gasteiger partial charge in [-0.2, -0.15) is 5.10 Å². The minimum Gasteiger partial charge on any atom is -0.493 e. The first kappa shape index (κ1) is 30.1. The van der Waals surface area contributed by atoms with E-state index in [-0.39, 0.29) is 22.9 Å². The predicted octanol–water partition coefficient (Wildman–Crippen LogP) is 4.09. The summed E-state index contributed by atoms with van der Waals surface area (Å²) in [5.41, 5.74) is 4.20. The number of aryl methyl sites for hydroxylation is 1. The minimum absolute atomic E-state index is 0.219. The van der Waals surface area contributed by atoms with Gasteiger partial charge in [0.2, 0.25) is 23.0 Å². The SMILES string of the molecule is COc1cc2c(c(OC)c1OC)-c1ccc(NC(C)C(=O)Nc3cccc(-c4ncn[nH]4)c3)c(=O)cc1C(NC(C)=O)CC2. The molecule has 228 valence electrons. The maximum Gasteiger partial charge on any atom is 0.246 e. The lowest BCUT2D eigenvalue weighted by Gasteiger charge is -2.19. The third-order valence-corrected chi connectivity index (χ3v) is 7.50. The predicted molar refractivity (Wildman–Crippen MR) is 166 cm³/mol. The van der Waals surface area contributed by atoms with Crippen molar-refractivity contribution in [3.05, 3.63) is 76.2 Å². The highest BCUT2D eigenvalue weighted by molar-refractivity contribution is 5.96. The molecule has 0 spiro atoms. The zero-order valence-corrected chi connectivity index (χ0v) is 25.1. The average molecular weight is 599 g/mol. The molecule has 1 aliphatic carbocycles. The van der Waals surface area contributed by atoms with E-state index in [0.717, 1.165) is 16.7 Å². The van der Waals surface area contributed by atoms with E-state index >= 15 is 0 Å². The van der Waals surface area contributed by atoms with E-state index in [4.69, 9.17) is 14.2 Å². The maximum atomic E-state index is 13.6. The summed E-state index contributed by atoms with van der Waals surface area (Å²) in [6, 6.07) is 12.8. The Balaban J connectivity index is 1.51. The number of hydrogen-bond acceptors (Lipinski definition) is 9. The summed E-state index contributed by atoms with van der Waals surface area (Å²) in [6.45, 7) is 3.11. The molecule has 1 aromatic heterocycles. The van der Waals surface area contributed by atoms with Gasteiger partial charge in [-0.1, -0.05) is 18.2 Å². The number of aromatic amines is 1. The van der Waals surface area contributed by atoms with Gasteiger partial charge >= 0.3 is 0 Å². The van der Waals surface area contributed by atoms with E-state index in [9.17, 15) is 14.4 Å². The summed E-state index contributed by atoms with van der Waals surface area (Å²) >= 11 is 0. The molecule has 0 aliphatic heterocycles. The first-order chi connectivity index (χ1) is 21.2. The van der Waals surface area contributed by atoms with Crippen molar-refractivity contribution in [2.24, 2.45) is 0 Å². The summed E-state index contributed by atoms with van der Waals surface area (Å²) < 4.78 is 17.1. The first-order valence-electron chi connectivity index (χ1n) is 14.0. The smallest absolute Gasteiger partial charge is 0.246 e. The number of rotatable bonds is 9. The second-order valence-corrected chi connectivity index (χ2v) is 10.4. The van der Waals surface area contributed by atoms with Crippen LogP contribution in [0.25, 0.3) is 22.5 Å². The van der Waals surface area contributed by atoms with Crippen LogP contribution in [0.5, 0.6) is 17.2 Å². The summed E-state index contributed by atoms with van der Waals surface area (Å²) in [5.74, 6) is 1.41. The van der Waals surface area contributed by atoms with Crippen molar-refractivity contribution in [1.29, 1.82) is 0 Å². The van der Waals surface area contributed by atoms with Gasteiger partial charge in [-0.05, 0) is 66.8 Å². The molecule has 0 saturated carbocycles. The number of methoxy groups -OCH3 is 3. The van der Waals surface area contributed by atoms with Crippen molar-refractivity contribution < 1.29 is 23.8 Å². The number of benzene rings is 2. The Labute approximate surface area is 254 Å². The van der Waals surface area contributed by atoms with Crippen LogP contribution in [0.2, 0.25) is 0 Å². The van der Waals surface area contributed by atoms with Gasteiger partial charge in [-0.3, -0.25) is 19.5 Å². The number of nitrogens with zero attached hydrogens (tertiary/aromatic N) is 2. The van der Waals surface area contributed by atoms with Crippen molar-refractivity contribution in [3.63, 3.8) is 0 Å². The molecular formula is C32H34N6O6. The molecule has 2 unspecified atom stereocenters. The number of carbonyl (C=O) groups excluding carboxylic acids is 2. The normalized spacial score (nSPS) is 14.2.